The molecule has 0 bridgehead atoms. The molecular weight excluding hydrogens is 210 g/mol. The van der Waals surface area contributed by atoms with Crippen LogP contribution < -0.4 is 0 Å². The Balaban J connectivity index is 1.90. The van der Waals surface area contributed by atoms with Crippen molar-refractivity contribution >= 4 is 5.78 Å². The molecule has 92 valence electrons. The van der Waals surface area contributed by atoms with Crippen LogP contribution in [-0.2, 0) is 0 Å². The van der Waals surface area contributed by atoms with Gasteiger partial charge in [-0.2, -0.15) is 0 Å². The summed E-state index contributed by atoms with van der Waals surface area (Å²) in [6.45, 7) is 5.03. The molecule has 0 aliphatic carbocycles. The van der Waals surface area contributed by atoms with E-state index in [4.69, 9.17) is 0 Å². The van der Waals surface area contributed by atoms with Gasteiger partial charge in [0.1, 0.15) is 0 Å². The van der Waals surface area contributed by atoms with E-state index < -0.39 is 0 Å². The average molecular weight is 231 g/mol. The van der Waals surface area contributed by atoms with Gasteiger partial charge in [0.15, 0.2) is 5.78 Å². The standard InChI is InChI=1S/C15H21NO/c1-13-6-5-10-16(11-9-13)12-15(17)14-7-3-2-4-8-14/h2-4,7-8,13H,5-6,9-12H2,1H3. The molecule has 1 aromatic carbocycles. The van der Waals surface area contributed by atoms with E-state index in [1.807, 2.05) is 30.3 Å². The molecule has 2 nitrogen and oxygen atoms in total. The lowest BCUT2D eigenvalue weighted by molar-refractivity contribution is 0.0932. The molecule has 1 heterocycles. The third-order valence-electron chi connectivity index (χ3n) is 3.57. The van der Waals surface area contributed by atoms with Gasteiger partial charge in [-0.3, -0.25) is 9.69 Å². The Hall–Kier alpha value is -1.15. The van der Waals surface area contributed by atoms with Gasteiger partial charge in [0, 0.05) is 5.56 Å². The Morgan fingerprint density at radius 3 is 2.76 bits per heavy atom. The van der Waals surface area contributed by atoms with E-state index in [2.05, 4.69) is 11.8 Å². The van der Waals surface area contributed by atoms with Gasteiger partial charge in [-0.1, -0.05) is 37.3 Å². The highest BCUT2D eigenvalue weighted by molar-refractivity contribution is 5.97. The number of hydrogen-bond donors (Lipinski definition) is 0. The molecule has 1 aliphatic rings. The molecule has 1 aliphatic heterocycles. The first-order chi connectivity index (χ1) is 8.25. The van der Waals surface area contributed by atoms with Crippen LogP contribution in [0.2, 0.25) is 0 Å². The minimum Gasteiger partial charge on any atom is -0.296 e. The fourth-order valence-electron chi connectivity index (χ4n) is 2.40. The maximum atomic E-state index is 12.1. The van der Waals surface area contributed by atoms with Gasteiger partial charge in [0.2, 0.25) is 0 Å². The number of carbonyl (C=O) groups is 1. The molecule has 0 saturated carbocycles. The van der Waals surface area contributed by atoms with Crippen molar-refractivity contribution in [3.8, 4) is 0 Å². The van der Waals surface area contributed by atoms with Gasteiger partial charge in [0.25, 0.3) is 0 Å². The van der Waals surface area contributed by atoms with E-state index in [9.17, 15) is 4.79 Å². The topological polar surface area (TPSA) is 20.3 Å². The summed E-state index contributed by atoms with van der Waals surface area (Å²) in [5, 5.41) is 0. The molecule has 2 rings (SSSR count). The van der Waals surface area contributed by atoms with Crippen LogP contribution in [0.1, 0.15) is 36.5 Å². The van der Waals surface area contributed by atoms with Crippen molar-refractivity contribution in [3.63, 3.8) is 0 Å². The van der Waals surface area contributed by atoms with Gasteiger partial charge in [-0.25, -0.2) is 0 Å². The second kappa shape index (κ2) is 5.97. The summed E-state index contributed by atoms with van der Waals surface area (Å²) >= 11 is 0. The Morgan fingerprint density at radius 1 is 1.24 bits per heavy atom. The summed E-state index contributed by atoms with van der Waals surface area (Å²) in [5.41, 5.74) is 0.838. The highest BCUT2D eigenvalue weighted by Gasteiger charge is 2.16. The van der Waals surface area contributed by atoms with E-state index >= 15 is 0 Å². The molecule has 0 radical (unpaired) electrons. The summed E-state index contributed by atoms with van der Waals surface area (Å²) in [5.74, 6) is 1.06. The molecule has 1 atom stereocenters. The van der Waals surface area contributed by atoms with Gasteiger partial charge in [-0.05, 0) is 38.3 Å². The van der Waals surface area contributed by atoms with Crippen LogP contribution >= 0.6 is 0 Å². The Bertz CT molecular complexity index is 360. The van der Waals surface area contributed by atoms with Gasteiger partial charge in [0.05, 0.1) is 6.54 Å². The van der Waals surface area contributed by atoms with E-state index in [1.165, 1.54) is 19.3 Å². The average Bonchev–Trinajstić information content (AvgIpc) is 2.56. The highest BCUT2D eigenvalue weighted by atomic mass is 16.1. The Labute approximate surface area is 104 Å². The van der Waals surface area contributed by atoms with Crippen molar-refractivity contribution in [1.29, 1.82) is 0 Å². The summed E-state index contributed by atoms with van der Waals surface area (Å²) in [4.78, 5) is 14.4. The maximum absolute atomic E-state index is 12.1. The van der Waals surface area contributed by atoms with Crippen molar-refractivity contribution in [3.05, 3.63) is 35.9 Å². The zero-order chi connectivity index (χ0) is 12.1. The summed E-state index contributed by atoms with van der Waals surface area (Å²) < 4.78 is 0. The van der Waals surface area contributed by atoms with Crippen LogP contribution in [0.4, 0.5) is 0 Å². The van der Waals surface area contributed by atoms with E-state index in [1.54, 1.807) is 0 Å². The molecule has 0 N–H and O–H groups in total. The summed E-state index contributed by atoms with van der Waals surface area (Å²) in [6.07, 6.45) is 3.75. The van der Waals surface area contributed by atoms with Crippen LogP contribution in [0.3, 0.4) is 0 Å². The normalized spacial score (nSPS) is 22.1. The molecule has 0 spiro atoms. The van der Waals surface area contributed by atoms with Gasteiger partial charge < -0.3 is 0 Å². The fraction of sp³-hybridized carbons (Fsp3) is 0.533. The SMILES string of the molecule is CC1CCCN(CC(=O)c2ccccc2)CC1. The maximum Gasteiger partial charge on any atom is 0.176 e. The smallest absolute Gasteiger partial charge is 0.176 e. The van der Waals surface area contributed by atoms with E-state index in [0.29, 0.717) is 6.54 Å². The third kappa shape index (κ3) is 3.67. The molecule has 0 amide bonds. The molecule has 1 saturated heterocycles. The number of rotatable bonds is 3. The molecule has 2 heteroatoms. The second-order valence-corrected chi connectivity index (χ2v) is 5.10. The molecule has 17 heavy (non-hydrogen) atoms. The molecule has 0 aromatic heterocycles. The molecule has 1 aromatic rings. The van der Waals surface area contributed by atoms with Crippen LogP contribution in [-0.4, -0.2) is 30.3 Å². The van der Waals surface area contributed by atoms with Crippen LogP contribution in [0.25, 0.3) is 0 Å². The van der Waals surface area contributed by atoms with Crippen molar-refractivity contribution in [1.82, 2.24) is 4.90 Å². The first-order valence-corrected chi connectivity index (χ1v) is 6.56. The number of nitrogens with zero attached hydrogens (tertiary/aromatic N) is 1. The van der Waals surface area contributed by atoms with Crippen LogP contribution in [0.15, 0.2) is 30.3 Å². The lowest BCUT2D eigenvalue weighted by Gasteiger charge is -2.18. The molecular formula is C15H21NO. The Morgan fingerprint density at radius 2 is 2.00 bits per heavy atom. The zero-order valence-electron chi connectivity index (χ0n) is 10.6. The molecule has 1 unspecified atom stereocenters. The monoisotopic (exact) mass is 231 g/mol. The number of Topliss-reactive ketones (excluding diaryl/α,β-unsaturated/α-hetero) is 1. The number of benzene rings is 1. The number of hydrogen-bond acceptors (Lipinski definition) is 2. The van der Waals surface area contributed by atoms with Crippen molar-refractivity contribution < 1.29 is 4.79 Å². The van der Waals surface area contributed by atoms with Crippen molar-refractivity contribution in [2.45, 2.75) is 26.2 Å². The number of likely N-dealkylation sites (tertiary alicyclic amines) is 1. The van der Waals surface area contributed by atoms with Crippen molar-refractivity contribution in [2.24, 2.45) is 5.92 Å². The largest absolute Gasteiger partial charge is 0.296 e. The Kier molecular flexibility index (Phi) is 4.32. The quantitative estimate of drug-likeness (QED) is 0.745. The predicted molar refractivity (Wildman–Crippen MR) is 70.2 cm³/mol. The van der Waals surface area contributed by atoms with E-state index in [-0.39, 0.29) is 5.78 Å². The third-order valence-corrected chi connectivity index (χ3v) is 3.57. The number of carbonyl (C=O) groups excluding carboxylic acids is 1. The lowest BCUT2D eigenvalue weighted by atomic mass is 10.0. The van der Waals surface area contributed by atoms with Gasteiger partial charge >= 0.3 is 0 Å². The fourth-order valence-corrected chi connectivity index (χ4v) is 2.40. The summed E-state index contributed by atoms with van der Waals surface area (Å²) in [7, 11) is 0. The predicted octanol–water partition coefficient (Wildman–Crippen LogP) is 2.99. The van der Waals surface area contributed by atoms with Gasteiger partial charge in [-0.15, -0.1) is 0 Å². The zero-order valence-corrected chi connectivity index (χ0v) is 10.6. The van der Waals surface area contributed by atoms with Crippen LogP contribution in [0, 0.1) is 5.92 Å². The highest BCUT2D eigenvalue weighted by Crippen LogP contribution is 2.16. The van der Waals surface area contributed by atoms with E-state index in [0.717, 1.165) is 24.6 Å². The second-order valence-electron chi connectivity index (χ2n) is 5.10. The first kappa shape index (κ1) is 12.3. The summed E-state index contributed by atoms with van der Waals surface area (Å²) in [6, 6.07) is 9.62. The van der Waals surface area contributed by atoms with Crippen molar-refractivity contribution in [2.75, 3.05) is 19.6 Å². The lowest BCUT2D eigenvalue weighted by Crippen LogP contribution is -2.30. The molecule has 1 fully saturated rings. The first-order valence-electron chi connectivity index (χ1n) is 6.56. The minimum absolute atomic E-state index is 0.250. The van der Waals surface area contributed by atoms with Crippen LogP contribution in [0.5, 0.6) is 0 Å². The minimum atomic E-state index is 0.250. The number of ketones is 1.